The molecule has 0 amide bonds. The lowest BCUT2D eigenvalue weighted by molar-refractivity contribution is 0.216. The Morgan fingerprint density at radius 3 is 2.55 bits per heavy atom. The maximum atomic E-state index is 8.88. The average Bonchev–Trinajstić information content (AvgIpc) is 2.48. The highest BCUT2D eigenvalue weighted by Crippen LogP contribution is 2.33. The van der Waals surface area contributed by atoms with E-state index in [9.17, 15) is 0 Å². The highest BCUT2D eigenvalue weighted by Gasteiger charge is 2.14. The Labute approximate surface area is 123 Å². The van der Waals surface area contributed by atoms with Gasteiger partial charge in [-0.1, -0.05) is 29.8 Å². The molecule has 0 fully saturated rings. The van der Waals surface area contributed by atoms with Gasteiger partial charge in [0.1, 0.15) is 6.10 Å². The number of hydrogen-bond acceptors (Lipinski definition) is 3. The smallest absolute Gasteiger partial charge is 0.162 e. The molecular weight excluding hydrogens is 274 g/mol. The topological polar surface area (TPSA) is 42.2 Å². The van der Waals surface area contributed by atoms with Crippen LogP contribution in [-0.2, 0) is 0 Å². The van der Waals surface area contributed by atoms with Crippen LogP contribution in [0, 0.1) is 11.3 Å². The molecule has 4 heteroatoms. The van der Waals surface area contributed by atoms with Gasteiger partial charge in [0, 0.05) is 16.7 Å². The second kappa shape index (κ2) is 6.31. The summed E-state index contributed by atoms with van der Waals surface area (Å²) < 4.78 is 11.1. The second-order valence-corrected chi connectivity index (χ2v) is 4.67. The molecule has 0 aromatic heterocycles. The van der Waals surface area contributed by atoms with Crippen LogP contribution in [-0.4, -0.2) is 7.11 Å². The summed E-state index contributed by atoms with van der Waals surface area (Å²) in [4.78, 5) is 0. The van der Waals surface area contributed by atoms with Gasteiger partial charge in [0.2, 0.25) is 0 Å². The van der Waals surface area contributed by atoms with Crippen LogP contribution >= 0.6 is 11.6 Å². The fraction of sp³-hybridized carbons (Fsp3) is 0.188. The molecule has 0 N–H and O–H groups in total. The molecule has 1 atom stereocenters. The summed E-state index contributed by atoms with van der Waals surface area (Å²) in [5.74, 6) is 1.11. The average molecular weight is 288 g/mol. The van der Waals surface area contributed by atoms with E-state index in [1.807, 2.05) is 31.2 Å². The van der Waals surface area contributed by atoms with Gasteiger partial charge in [0.15, 0.2) is 11.5 Å². The number of halogens is 1. The van der Waals surface area contributed by atoms with Crippen molar-refractivity contribution in [3.63, 3.8) is 0 Å². The van der Waals surface area contributed by atoms with Gasteiger partial charge in [-0.3, -0.25) is 0 Å². The maximum absolute atomic E-state index is 8.88. The fourth-order valence-corrected chi connectivity index (χ4v) is 2.18. The second-order valence-electron chi connectivity index (χ2n) is 4.26. The summed E-state index contributed by atoms with van der Waals surface area (Å²) in [7, 11) is 1.55. The third-order valence-electron chi connectivity index (χ3n) is 2.94. The summed E-state index contributed by atoms with van der Waals surface area (Å²) in [6, 6.07) is 14.7. The summed E-state index contributed by atoms with van der Waals surface area (Å²) in [5.41, 5.74) is 1.43. The van der Waals surface area contributed by atoms with Crippen LogP contribution in [0.25, 0.3) is 0 Å². The number of ether oxygens (including phenoxy) is 2. The van der Waals surface area contributed by atoms with Crippen LogP contribution in [0.2, 0.25) is 5.02 Å². The third kappa shape index (κ3) is 3.04. The third-order valence-corrected chi connectivity index (χ3v) is 3.28. The highest BCUT2D eigenvalue weighted by atomic mass is 35.5. The van der Waals surface area contributed by atoms with Gasteiger partial charge in [0.25, 0.3) is 0 Å². The van der Waals surface area contributed by atoms with Crippen LogP contribution in [0.5, 0.6) is 11.5 Å². The van der Waals surface area contributed by atoms with Gasteiger partial charge < -0.3 is 9.47 Å². The lowest BCUT2D eigenvalue weighted by Crippen LogP contribution is -2.05. The molecule has 102 valence electrons. The molecule has 3 nitrogen and oxygen atoms in total. The van der Waals surface area contributed by atoms with E-state index in [4.69, 9.17) is 26.3 Å². The van der Waals surface area contributed by atoms with Crippen molar-refractivity contribution in [2.24, 2.45) is 0 Å². The zero-order chi connectivity index (χ0) is 14.5. The molecule has 0 aliphatic heterocycles. The van der Waals surface area contributed by atoms with Crippen LogP contribution in [0.1, 0.15) is 24.2 Å². The molecule has 0 spiro atoms. The van der Waals surface area contributed by atoms with E-state index in [0.29, 0.717) is 22.1 Å². The number of nitrogens with zero attached hydrogens (tertiary/aromatic N) is 1. The first kappa shape index (κ1) is 14.2. The van der Waals surface area contributed by atoms with Gasteiger partial charge in [-0.2, -0.15) is 5.26 Å². The summed E-state index contributed by atoms with van der Waals surface area (Å²) in [6.07, 6.45) is -0.217. The number of methoxy groups -OCH3 is 1. The van der Waals surface area contributed by atoms with Crippen LogP contribution < -0.4 is 9.47 Å². The Morgan fingerprint density at radius 2 is 1.90 bits per heavy atom. The minimum atomic E-state index is -0.217. The quantitative estimate of drug-likeness (QED) is 0.839. The standard InChI is InChI=1S/C16H14ClNO2/c1-11(13-5-3-4-6-14(13)17)20-15-8-7-12(10-18)9-16(15)19-2/h3-9,11H,1-2H3. The van der Waals surface area contributed by atoms with Gasteiger partial charge in [0.05, 0.1) is 18.7 Å². The van der Waals surface area contributed by atoms with Gasteiger partial charge in [-0.05, 0) is 25.1 Å². The molecule has 20 heavy (non-hydrogen) atoms. The molecule has 0 saturated heterocycles. The summed E-state index contributed by atoms with van der Waals surface area (Å²) in [6.45, 7) is 1.92. The van der Waals surface area contributed by atoms with E-state index in [0.717, 1.165) is 5.56 Å². The number of nitriles is 1. The molecular formula is C16H14ClNO2. The normalized spacial score (nSPS) is 11.5. The van der Waals surface area contributed by atoms with E-state index in [-0.39, 0.29) is 6.10 Å². The monoisotopic (exact) mass is 287 g/mol. The molecule has 0 saturated carbocycles. The number of hydrogen-bond donors (Lipinski definition) is 0. The first-order chi connectivity index (χ1) is 9.65. The molecule has 0 bridgehead atoms. The first-order valence-corrected chi connectivity index (χ1v) is 6.52. The van der Waals surface area contributed by atoms with Gasteiger partial charge >= 0.3 is 0 Å². The van der Waals surface area contributed by atoms with Crippen molar-refractivity contribution in [3.8, 4) is 17.6 Å². The Bertz CT molecular complexity index is 649. The van der Waals surface area contributed by atoms with E-state index in [2.05, 4.69) is 6.07 Å². The summed E-state index contributed by atoms with van der Waals surface area (Å²) in [5, 5.41) is 9.54. The molecule has 0 aliphatic carbocycles. The van der Waals surface area contributed by atoms with Crippen molar-refractivity contribution in [2.45, 2.75) is 13.0 Å². The SMILES string of the molecule is COc1cc(C#N)ccc1OC(C)c1ccccc1Cl. The maximum Gasteiger partial charge on any atom is 0.162 e. The minimum absolute atomic E-state index is 0.217. The van der Waals surface area contributed by atoms with E-state index >= 15 is 0 Å². The number of rotatable bonds is 4. The Balaban J connectivity index is 2.26. The summed E-state index contributed by atoms with van der Waals surface area (Å²) >= 11 is 6.15. The molecule has 1 unspecified atom stereocenters. The highest BCUT2D eigenvalue weighted by molar-refractivity contribution is 6.31. The fourth-order valence-electron chi connectivity index (χ4n) is 1.89. The Kier molecular flexibility index (Phi) is 4.49. The van der Waals surface area contributed by atoms with Crippen molar-refractivity contribution < 1.29 is 9.47 Å². The molecule has 0 heterocycles. The molecule has 2 aromatic carbocycles. The Morgan fingerprint density at radius 1 is 1.15 bits per heavy atom. The van der Waals surface area contributed by atoms with Crippen LogP contribution in [0.3, 0.4) is 0 Å². The largest absolute Gasteiger partial charge is 0.493 e. The van der Waals surface area contributed by atoms with Crippen molar-refractivity contribution in [1.82, 2.24) is 0 Å². The van der Waals surface area contributed by atoms with Crippen molar-refractivity contribution in [2.75, 3.05) is 7.11 Å². The van der Waals surface area contributed by atoms with E-state index in [1.54, 1.807) is 25.3 Å². The van der Waals surface area contributed by atoms with Crippen molar-refractivity contribution >= 4 is 11.6 Å². The molecule has 2 aromatic rings. The number of benzene rings is 2. The molecule has 0 aliphatic rings. The van der Waals surface area contributed by atoms with Crippen LogP contribution in [0.15, 0.2) is 42.5 Å². The van der Waals surface area contributed by atoms with E-state index < -0.39 is 0 Å². The zero-order valence-corrected chi connectivity index (χ0v) is 12.0. The van der Waals surface area contributed by atoms with Gasteiger partial charge in [-0.15, -0.1) is 0 Å². The van der Waals surface area contributed by atoms with Gasteiger partial charge in [-0.25, -0.2) is 0 Å². The molecule has 2 rings (SSSR count). The molecule has 0 radical (unpaired) electrons. The van der Waals surface area contributed by atoms with Crippen molar-refractivity contribution in [3.05, 3.63) is 58.6 Å². The predicted octanol–water partition coefficient (Wildman–Crippen LogP) is 4.36. The predicted molar refractivity (Wildman–Crippen MR) is 78.2 cm³/mol. The Hall–Kier alpha value is -2.18. The lowest BCUT2D eigenvalue weighted by Gasteiger charge is -2.18. The van der Waals surface area contributed by atoms with E-state index in [1.165, 1.54) is 0 Å². The lowest BCUT2D eigenvalue weighted by atomic mass is 10.1. The minimum Gasteiger partial charge on any atom is -0.493 e. The zero-order valence-electron chi connectivity index (χ0n) is 11.3. The first-order valence-electron chi connectivity index (χ1n) is 6.15. The van der Waals surface area contributed by atoms with Crippen LogP contribution in [0.4, 0.5) is 0 Å². The van der Waals surface area contributed by atoms with Crippen molar-refractivity contribution in [1.29, 1.82) is 5.26 Å².